The van der Waals surface area contributed by atoms with Crippen LogP contribution in [0.15, 0.2) is 28.9 Å². The summed E-state index contributed by atoms with van der Waals surface area (Å²) in [6.07, 6.45) is -1.94. The van der Waals surface area contributed by atoms with Gasteiger partial charge in [0.05, 0.1) is 16.8 Å². The number of nitrogens with two attached hydrogens (primary N) is 1. The summed E-state index contributed by atoms with van der Waals surface area (Å²) in [6.45, 7) is 3.70. The highest BCUT2D eigenvalue weighted by Crippen LogP contribution is 2.36. The molecular weight excluding hydrogens is 437 g/mol. The summed E-state index contributed by atoms with van der Waals surface area (Å²) in [7, 11) is 1.70. The van der Waals surface area contributed by atoms with Gasteiger partial charge in [-0.2, -0.15) is 13.2 Å². The molecule has 0 unspecified atom stereocenters. The van der Waals surface area contributed by atoms with Crippen molar-refractivity contribution in [1.82, 2.24) is 15.1 Å². The Bertz CT molecular complexity index is 1140. The van der Waals surface area contributed by atoms with E-state index >= 15 is 0 Å². The van der Waals surface area contributed by atoms with Crippen molar-refractivity contribution in [3.05, 3.63) is 46.8 Å². The average molecular weight is 462 g/mol. The Kier molecular flexibility index (Phi) is 7.19. The third-order valence-electron chi connectivity index (χ3n) is 5.12. The number of rotatable bonds is 9. The SMILES string of the molecule is CCc1cnc(Nc2ccc(CCCC(N)=O)c(C(F)(F)F)c2)nc1-c1c(NC)noc1C. The number of halogens is 3. The molecule has 2 heterocycles. The second-order valence-corrected chi connectivity index (χ2v) is 7.45. The van der Waals surface area contributed by atoms with E-state index in [2.05, 4.69) is 25.8 Å². The first kappa shape index (κ1) is 24.0. The van der Waals surface area contributed by atoms with Crippen LogP contribution in [0.1, 0.15) is 42.2 Å². The van der Waals surface area contributed by atoms with Crippen LogP contribution in [-0.2, 0) is 23.8 Å². The summed E-state index contributed by atoms with van der Waals surface area (Å²) in [5.41, 5.74) is 6.67. The van der Waals surface area contributed by atoms with Crippen LogP contribution in [0.2, 0.25) is 0 Å². The van der Waals surface area contributed by atoms with Gasteiger partial charge < -0.3 is 20.9 Å². The molecule has 0 saturated carbocycles. The molecule has 8 nitrogen and oxygen atoms in total. The summed E-state index contributed by atoms with van der Waals surface area (Å²) in [4.78, 5) is 19.7. The molecule has 0 bridgehead atoms. The number of aromatic nitrogens is 3. The van der Waals surface area contributed by atoms with E-state index in [1.54, 1.807) is 20.2 Å². The molecule has 3 rings (SSSR count). The van der Waals surface area contributed by atoms with Gasteiger partial charge in [-0.25, -0.2) is 9.97 Å². The maximum absolute atomic E-state index is 13.7. The number of alkyl halides is 3. The van der Waals surface area contributed by atoms with Crippen molar-refractivity contribution in [3.63, 3.8) is 0 Å². The van der Waals surface area contributed by atoms with Crippen LogP contribution in [0.5, 0.6) is 0 Å². The molecule has 0 saturated heterocycles. The lowest BCUT2D eigenvalue weighted by molar-refractivity contribution is -0.138. The van der Waals surface area contributed by atoms with E-state index in [0.717, 1.165) is 11.6 Å². The van der Waals surface area contributed by atoms with Gasteiger partial charge in [-0.3, -0.25) is 4.79 Å². The van der Waals surface area contributed by atoms with Crippen LogP contribution in [-0.4, -0.2) is 28.1 Å². The van der Waals surface area contributed by atoms with E-state index in [4.69, 9.17) is 10.3 Å². The Morgan fingerprint density at radius 3 is 2.64 bits per heavy atom. The van der Waals surface area contributed by atoms with Crippen molar-refractivity contribution >= 4 is 23.4 Å². The summed E-state index contributed by atoms with van der Waals surface area (Å²) in [5, 5.41) is 9.77. The highest BCUT2D eigenvalue weighted by atomic mass is 19.4. The number of nitrogens with zero attached hydrogens (tertiary/aromatic N) is 3. The molecule has 1 aromatic carbocycles. The van der Waals surface area contributed by atoms with Gasteiger partial charge in [0.1, 0.15) is 5.76 Å². The standard InChI is InChI=1S/C22H25F3N6O2/c1-4-13-11-28-21(30-19(13)18-12(2)33-31-20(18)27-3)29-15-9-8-14(6-5-7-17(26)32)16(10-15)22(23,24)25/h8-11H,4-7H2,1-3H3,(H2,26,32)(H,27,31)(H,28,29,30). The Hall–Kier alpha value is -3.63. The van der Waals surface area contributed by atoms with Crippen molar-refractivity contribution in [3.8, 4) is 11.3 Å². The van der Waals surface area contributed by atoms with E-state index in [0.29, 0.717) is 29.3 Å². The van der Waals surface area contributed by atoms with E-state index in [1.165, 1.54) is 12.1 Å². The zero-order valence-electron chi connectivity index (χ0n) is 18.5. The number of carbonyl (C=O) groups is 1. The summed E-state index contributed by atoms with van der Waals surface area (Å²) >= 11 is 0. The molecule has 33 heavy (non-hydrogen) atoms. The fourth-order valence-electron chi connectivity index (χ4n) is 3.48. The van der Waals surface area contributed by atoms with E-state index in [1.807, 2.05) is 6.92 Å². The third kappa shape index (κ3) is 5.60. The Morgan fingerprint density at radius 1 is 1.24 bits per heavy atom. The van der Waals surface area contributed by atoms with E-state index in [-0.39, 0.29) is 36.5 Å². The van der Waals surface area contributed by atoms with Crippen LogP contribution in [0.4, 0.5) is 30.6 Å². The molecular formula is C22H25F3N6O2. The molecule has 11 heteroatoms. The van der Waals surface area contributed by atoms with Gasteiger partial charge in [-0.05, 0) is 49.4 Å². The van der Waals surface area contributed by atoms with E-state index in [9.17, 15) is 18.0 Å². The van der Waals surface area contributed by atoms with E-state index < -0.39 is 17.6 Å². The Morgan fingerprint density at radius 2 is 2.00 bits per heavy atom. The number of hydrogen-bond donors (Lipinski definition) is 3. The van der Waals surface area contributed by atoms with Gasteiger partial charge in [0, 0.05) is 25.4 Å². The first-order chi connectivity index (χ1) is 15.6. The van der Waals surface area contributed by atoms with Crippen molar-refractivity contribution in [1.29, 1.82) is 0 Å². The number of hydrogen-bond acceptors (Lipinski definition) is 7. The summed E-state index contributed by atoms with van der Waals surface area (Å²) in [5.74, 6) is 0.652. The number of nitrogens with one attached hydrogen (secondary N) is 2. The molecule has 1 amide bonds. The molecule has 3 aromatic rings. The van der Waals surface area contributed by atoms with Gasteiger partial charge in [-0.15, -0.1) is 0 Å². The quantitative estimate of drug-likeness (QED) is 0.425. The van der Waals surface area contributed by atoms with Crippen LogP contribution in [0.25, 0.3) is 11.3 Å². The molecule has 176 valence electrons. The Labute approximate surface area is 188 Å². The van der Waals surface area contributed by atoms with Gasteiger partial charge in [-0.1, -0.05) is 18.1 Å². The molecule has 0 aliphatic carbocycles. The van der Waals surface area contributed by atoms with Crippen LogP contribution in [0, 0.1) is 6.92 Å². The number of aryl methyl sites for hydroxylation is 3. The maximum atomic E-state index is 13.7. The van der Waals surface area contributed by atoms with Gasteiger partial charge in [0.25, 0.3) is 0 Å². The average Bonchev–Trinajstić information content (AvgIpc) is 3.14. The molecule has 0 radical (unpaired) electrons. The molecule has 0 atom stereocenters. The third-order valence-corrected chi connectivity index (χ3v) is 5.12. The van der Waals surface area contributed by atoms with Gasteiger partial charge in [0.15, 0.2) is 5.82 Å². The van der Waals surface area contributed by atoms with Crippen LogP contribution >= 0.6 is 0 Å². The first-order valence-corrected chi connectivity index (χ1v) is 10.4. The second-order valence-electron chi connectivity index (χ2n) is 7.45. The predicted octanol–water partition coefficient (Wildman–Crippen LogP) is 4.61. The Balaban J connectivity index is 1.94. The van der Waals surface area contributed by atoms with Crippen molar-refractivity contribution in [2.75, 3.05) is 17.7 Å². The van der Waals surface area contributed by atoms with Gasteiger partial charge in [0.2, 0.25) is 11.9 Å². The number of amides is 1. The lowest BCUT2D eigenvalue weighted by atomic mass is 10.0. The number of primary amides is 1. The maximum Gasteiger partial charge on any atom is 0.416 e. The summed E-state index contributed by atoms with van der Waals surface area (Å²) < 4.78 is 46.2. The van der Waals surface area contributed by atoms with Crippen molar-refractivity contribution in [2.45, 2.75) is 45.7 Å². The molecule has 2 aromatic heterocycles. The molecule has 0 fully saturated rings. The zero-order chi connectivity index (χ0) is 24.2. The monoisotopic (exact) mass is 462 g/mol. The minimum Gasteiger partial charge on any atom is -0.370 e. The fraction of sp³-hybridized carbons (Fsp3) is 0.364. The van der Waals surface area contributed by atoms with Crippen molar-refractivity contribution in [2.24, 2.45) is 5.73 Å². The molecule has 4 N–H and O–H groups in total. The molecule has 0 spiro atoms. The minimum absolute atomic E-state index is 0.0224. The van der Waals surface area contributed by atoms with Crippen LogP contribution in [0.3, 0.4) is 0 Å². The van der Waals surface area contributed by atoms with Crippen LogP contribution < -0.4 is 16.4 Å². The summed E-state index contributed by atoms with van der Waals surface area (Å²) in [6, 6.07) is 3.92. The second kappa shape index (κ2) is 9.88. The fourth-order valence-corrected chi connectivity index (χ4v) is 3.48. The topological polar surface area (TPSA) is 119 Å². The number of anilines is 3. The lowest BCUT2D eigenvalue weighted by Gasteiger charge is -2.15. The zero-order valence-corrected chi connectivity index (χ0v) is 18.5. The predicted molar refractivity (Wildman–Crippen MR) is 118 cm³/mol. The normalized spacial score (nSPS) is 11.5. The number of benzene rings is 1. The highest BCUT2D eigenvalue weighted by molar-refractivity contribution is 5.77. The molecule has 0 aliphatic rings. The number of carbonyl (C=O) groups excluding carboxylic acids is 1. The highest BCUT2D eigenvalue weighted by Gasteiger charge is 2.33. The smallest absolute Gasteiger partial charge is 0.370 e. The molecule has 0 aliphatic heterocycles. The van der Waals surface area contributed by atoms with Crippen molar-refractivity contribution < 1.29 is 22.5 Å². The lowest BCUT2D eigenvalue weighted by Crippen LogP contribution is -2.13. The largest absolute Gasteiger partial charge is 0.416 e. The first-order valence-electron chi connectivity index (χ1n) is 10.4. The van der Waals surface area contributed by atoms with Gasteiger partial charge >= 0.3 is 6.18 Å². The minimum atomic E-state index is -4.56.